The Balaban J connectivity index is 1.95. The Kier molecular flexibility index (Phi) is 6.75. The molecule has 2 aromatic rings. The monoisotopic (exact) mass is 364 g/mol. The molecule has 1 heterocycles. The van der Waals surface area contributed by atoms with Gasteiger partial charge in [-0.1, -0.05) is 19.9 Å². The van der Waals surface area contributed by atoms with E-state index in [0.29, 0.717) is 18.4 Å². The molecule has 0 amide bonds. The molecular formula is C18H25FN4OS. The van der Waals surface area contributed by atoms with E-state index in [1.807, 2.05) is 13.0 Å². The lowest BCUT2D eigenvalue weighted by atomic mass is 10.1. The van der Waals surface area contributed by atoms with Gasteiger partial charge in [-0.15, -0.1) is 11.3 Å². The molecule has 1 aromatic carbocycles. The van der Waals surface area contributed by atoms with Gasteiger partial charge >= 0.3 is 0 Å². The zero-order valence-electron chi connectivity index (χ0n) is 15.3. The summed E-state index contributed by atoms with van der Waals surface area (Å²) in [6.07, 6.45) is 0. The Hall–Kier alpha value is -2.15. The molecule has 0 spiro atoms. The third-order valence-electron chi connectivity index (χ3n) is 3.75. The first-order chi connectivity index (χ1) is 11.9. The van der Waals surface area contributed by atoms with E-state index in [1.54, 1.807) is 24.5 Å². The van der Waals surface area contributed by atoms with Crippen LogP contribution in [0.15, 0.2) is 28.6 Å². The molecule has 0 fully saturated rings. The van der Waals surface area contributed by atoms with Gasteiger partial charge in [-0.3, -0.25) is 4.99 Å². The topological polar surface area (TPSA) is 58.5 Å². The molecule has 0 saturated heterocycles. The fourth-order valence-electron chi connectivity index (χ4n) is 2.28. The Morgan fingerprint density at radius 3 is 2.68 bits per heavy atom. The minimum atomic E-state index is -0.375. The molecule has 0 radical (unpaired) electrons. The van der Waals surface area contributed by atoms with Crippen molar-refractivity contribution in [1.29, 1.82) is 0 Å². The van der Waals surface area contributed by atoms with Crippen LogP contribution in [-0.4, -0.2) is 25.1 Å². The van der Waals surface area contributed by atoms with E-state index in [9.17, 15) is 4.39 Å². The van der Waals surface area contributed by atoms with Crippen LogP contribution in [0, 0.1) is 5.82 Å². The highest BCUT2D eigenvalue weighted by atomic mass is 32.1. The minimum absolute atomic E-state index is 0.103. The largest absolute Gasteiger partial charge is 0.494 e. The van der Waals surface area contributed by atoms with Crippen LogP contribution in [0.2, 0.25) is 0 Å². The lowest BCUT2D eigenvalue weighted by Gasteiger charge is -2.18. The second-order valence-corrected chi connectivity index (χ2v) is 6.91. The summed E-state index contributed by atoms with van der Waals surface area (Å²) in [6.45, 7) is 6.80. The highest BCUT2D eigenvalue weighted by Crippen LogP contribution is 2.22. The predicted molar refractivity (Wildman–Crippen MR) is 101 cm³/mol. The molecular weight excluding hydrogens is 339 g/mol. The number of benzene rings is 1. The van der Waals surface area contributed by atoms with Crippen LogP contribution < -0.4 is 15.4 Å². The van der Waals surface area contributed by atoms with Gasteiger partial charge in [0, 0.05) is 18.3 Å². The average molecular weight is 364 g/mol. The molecule has 0 aliphatic rings. The van der Waals surface area contributed by atoms with E-state index >= 15 is 0 Å². The normalized spacial score (nSPS) is 13.0. The molecule has 1 atom stereocenters. The molecule has 25 heavy (non-hydrogen) atoms. The average Bonchev–Trinajstić information content (AvgIpc) is 3.07. The minimum Gasteiger partial charge on any atom is -0.494 e. The van der Waals surface area contributed by atoms with Crippen LogP contribution in [0.4, 0.5) is 4.39 Å². The molecule has 136 valence electrons. The number of hydrogen-bond acceptors (Lipinski definition) is 4. The Bertz CT molecular complexity index is 730. The summed E-state index contributed by atoms with van der Waals surface area (Å²) in [5, 5.41) is 9.68. The molecule has 2 rings (SSSR count). The smallest absolute Gasteiger partial charge is 0.191 e. The van der Waals surface area contributed by atoms with Crippen molar-refractivity contribution in [1.82, 2.24) is 15.6 Å². The van der Waals surface area contributed by atoms with Gasteiger partial charge in [0.25, 0.3) is 0 Å². The first-order valence-electron chi connectivity index (χ1n) is 8.19. The predicted octanol–water partition coefficient (Wildman–Crippen LogP) is 3.84. The summed E-state index contributed by atoms with van der Waals surface area (Å²) in [5.41, 5.74) is 1.80. The molecule has 0 aliphatic carbocycles. The Morgan fingerprint density at radius 2 is 2.12 bits per heavy atom. The number of halogens is 1. The number of rotatable bonds is 6. The molecule has 0 saturated carbocycles. The fourth-order valence-corrected chi connectivity index (χ4v) is 3.11. The van der Waals surface area contributed by atoms with Gasteiger partial charge < -0.3 is 15.4 Å². The molecule has 0 bridgehead atoms. The number of aromatic nitrogens is 1. The third-order valence-corrected chi connectivity index (χ3v) is 4.95. The van der Waals surface area contributed by atoms with Gasteiger partial charge in [0.2, 0.25) is 0 Å². The Labute approximate surface area is 152 Å². The number of nitrogens with zero attached hydrogens (tertiary/aromatic N) is 2. The lowest BCUT2D eigenvalue weighted by Crippen LogP contribution is -2.38. The van der Waals surface area contributed by atoms with E-state index in [-0.39, 0.29) is 17.6 Å². The van der Waals surface area contributed by atoms with Gasteiger partial charge in [-0.2, -0.15) is 0 Å². The zero-order chi connectivity index (χ0) is 18.4. The van der Waals surface area contributed by atoms with E-state index in [0.717, 1.165) is 16.3 Å². The number of aliphatic imine (C=N–C) groups is 1. The highest BCUT2D eigenvalue weighted by molar-refractivity contribution is 7.09. The quantitative estimate of drug-likeness (QED) is 0.604. The van der Waals surface area contributed by atoms with Crippen LogP contribution in [-0.2, 0) is 6.54 Å². The molecule has 2 N–H and O–H groups in total. The van der Waals surface area contributed by atoms with Crippen LogP contribution in [0.1, 0.15) is 49.0 Å². The first-order valence-corrected chi connectivity index (χ1v) is 9.07. The molecule has 7 heteroatoms. The highest BCUT2D eigenvalue weighted by Gasteiger charge is 2.12. The van der Waals surface area contributed by atoms with E-state index in [4.69, 9.17) is 4.74 Å². The second-order valence-electron chi connectivity index (χ2n) is 6.02. The van der Waals surface area contributed by atoms with E-state index in [2.05, 4.69) is 39.8 Å². The molecule has 1 aromatic heterocycles. The SMILES string of the molecule is CN=C(NCc1csc(C(C)C)n1)NC(C)c1ccc(OC)c(F)c1. The van der Waals surface area contributed by atoms with Gasteiger partial charge in [0.05, 0.1) is 30.4 Å². The summed E-state index contributed by atoms with van der Waals surface area (Å²) in [6, 6.07) is 4.83. The second kappa shape index (κ2) is 8.80. The maximum atomic E-state index is 13.9. The van der Waals surface area contributed by atoms with Gasteiger partial charge in [0.1, 0.15) is 0 Å². The first kappa shape index (κ1) is 19.2. The van der Waals surface area contributed by atoms with Crippen molar-refractivity contribution in [2.75, 3.05) is 14.2 Å². The fraction of sp³-hybridized carbons (Fsp3) is 0.444. The summed E-state index contributed by atoms with van der Waals surface area (Å²) in [4.78, 5) is 8.81. The van der Waals surface area contributed by atoms with E-state index < -0.39 is 0 Å². The number of methoxy groups -OCH3 is 1. The number of thiazole rings is 1. The van der Waals surface area contributed by atoms with Gasteiger partial charge in [-0.25, -0.2) is 9.37 Å². The van der Waals surface area contributed by atoms with Gasteiger partial charge in [0.15, 0.2) is 17.5 Å². The van der Waals surface area contributed by atoms with Crippen molar-refractivity contribution in [3.05, 3.63) is 45.7 Å². The number of ether oxygens (including phenoxy) is 1. The van der Waals surface area contributed by atoms with Crippen molar-refractivity contribution in [2.45, 2.75) is 39.3 Å². The summed E-state index contributed by atoms with van der Waals surface area (Å²) < 4.78 is 18.8. The van der Waals surface area contributed by atoms with E-state index in [1.165, 1.54) is 13.2 Å². The number of nitrogens with one attached hydrogen (secondary N) is 2. The van der Waals surface area contributed by atoms with Gasteiger partial charge in [-0.05, 0) is 24.6 Å². The summed E-state index contributed by atoms with van der Waals surface area (Å²) >= 11 is 1.67. The zero-order valence-corrected chi connectivity index (χ0v) is 16.1. The van der Waals surface area contributed by atoms with Crippen LogP contribution in [0.5, 0.6) is 5.75 Å². The molecule has 5 nitrogen and oxygen atoms in total. The van der Waals surface area contributed by atoms with Crippen molar-refractivity contribution in [3.8, 4) is 5.75 Å². The maximum Gasteiger partial charge on any atom is 0.191 e. The van der Waals surface area contributed by atoms with Crippen molar-refractivity contribution >= 4 is 17.3 Å². The third kappa shape index (κ3) is 5.16. The number of hydrogen-bond donors (Lipinski definition) is 2. The van der Waals surface area contributed by atoms with Crippen molar-refractivity contribution in [3.63, 3.8) is 0 Å². The molecule has 0 aliphatic heterocycles. The Morgan fingerprint density at radius 1 is 1.36 bits per heavy atom. The maximum absolute atomic E-state index is 13.9. The van der Waals surface area contributed by atoms with Crippen LogP contribution in [0.3, 0.4) is 0 Å². The van der Waals surface area contributed by atoms with Crippen molar-refractivity contribution in [2.24, 2.45) is 4.99 Å². The van der Waals surface area contributed by atoms with Crippen LogP contribution >= 0.6 is 11.3 Å². The molecule has 1 unspecified atom stereocenters. The lowest BCUT2D eigenvalue weighted by molar-refractivity contribution is 0.386. The van der Waals surface area contributed by atoms with Crippen molar-refractivity contribution < 1.29 is 9.13 Å². The van der Waals surface area contributed by atoms with Crippen LogP contribution in [0.25, 0.3) is 0 Å². The standard InChI is InChI=1S/C18H25FN4OS/c1-11(2)17-23-14(10-25-17)9-21-18(20-4)22-12(3)13-6-7-16(24-5)15(19)8-13/h6-8,10-12H,9H2,1-5H3,(H2,20,21,22). The summed E-state index contributed by atoms with van der Waals surface area (Å²) in [5.74, 6) is 0.937. The number of guanidine groups is 1. The summed E-state index contributed by atoms with van der Waals surface area (Å²) in [7, 11) is 3.16.